The zero-order chi connectivity index (χ0) is 14.0. The van der Waals surface area contributed by atoms with E-state index in [1.54, 1.807) is 6.21 Å². The lowest BCUT2D eigenvalue weighted by Crippen LogP contribution is -2.33. The first kappa shape index (κ1) is 14.3. The number of hydrogen-bond donors (Lipinski definition) is 2. The van der Waals surface area contributed by atoms with Gasteiger partial charge in [-0.3, -0.25) is 0 Å². The first-order chi connectivity index (χ1) is 9.84. The van der Waals surface area contributed by atoms with Crippen LogP contribution in [0.4, 0.5) is 4.79 Å². The number of hydrogen-bond acceptors (Lipinski definition) is 2. The van der Waals surface area contributed by atoms with Crippen molar-refractivity contribution in [1.82, 2.24) is 10.7 Å². The molecule has 1 aliphatic rings. The van der Waals surface area contributed by atoms with Crippen LogP contribution in [0.15, 0.2) is 47.1 Å². The number of benzene rings is 1. The second-order valence-electron chi connectivity index (χ2n) is 4.89. The van der Waals surface area contributed by atoms with E-state index in [4.69, 9.17) is 0 Å². The van der Waals surface area contributed by atoms with Crippen molar-refractivity contribution >= 4 is 12.2 Å². The van der Waals surface area contributed by atoms with Gasteiger partial charge >= 0.3 is 6.03 Å². The van der Waals surface area contributed by atoms with Gasteiger partial charge in [0, 0.05) is 6.54 Å². The van der Waals surface area contributed by atoms with E-state index in [0.29, 0.717) is 6.54 Å². The number of amides is 2. The molecule has 20 heavy (non-hydrogen) atoms. The highest BCUT2D eigenvalue weighted by molar-refractivity contribution is 5.81. The molecule has 0 atom stereocenters. The quantitative estimate of drug-likeness (QED) is 0.482. The molecular weight excluding hydrogens is 250 g/mol. The predicted molar refractivity (Wildman–Crippen MR) is 81.7 cm³/mol. The van der Waals surface area contributed by atoms with Crippen molar-refractivity contribution in [3.63, 3.8) is 0 Å². The first-order valence-corrected chi connectivity index (χ1v) is 7.14. The van der Waals surface area contributed by atoms with Gasteiger partial charge in [0.2, 0.25) is 0 Å². The van der Waals surface area contributed by atoms with Crippen LogP contribution >= 0.6 is 0 Å². The Labute approximate surface area is 120 Å². The molecule has 4 nitrogen and oxygen atoms in total. The number of carbonyl (C=O) groups excluding carboxylic acids is 1. The molecule has 2 rings (SSSR count). The molecule has 4 heteroatoms. The summed E-state index contributed by atoms with van der Waals surface area (Å²) in [5.41, 5.74) is 4.89. The molecule has 0 bridgehead atoms. The molecule has 0 heterocycles. The molecule has 2 amide bonds. The summed E-state index contributed by atoms with van der Waals surface area (Å²) >= 11 is 0. The second-order valence-corrected chi connectivity index (χ2v) is 4.89. The molecule has 0 aromatic heterocycles. The van der Waals surface area contributed by atoms with E-state index in [1.165, 1.54) is 31.3 Å². The maximum Gasteiger partial charge on any atom is 0.335 e. The number of nitrogens with one attached hydrogen (secondary N) is 2. The van der Waals surface area contributed by atoms with Crippen LogP contribution in [0, 0.1) is 0 Å². The summed E-state index contributed by atoms with van der Waals surface area (Å²) in [6.45, 7) is 0.665. The average molecular weight is 271 g/mol. The smallest absolute Gasteiger partial charge is 0.335 e. The van der Waals surface area contributed by atoms with Crippen LogP contribution in [0.25, 0.3) is 0 Å². The minimum atomic E-state index is -0.256. The fourth-order valence-electron chi connectivity index (χ4n) is 2.21. The third kappa shape index (κ3) is 5.26. The van der Waals surface area contributed by atoms with E-state index in [0.717, 1.165) is 12.0 Å². The van der Waals surface area contributed by atoms with Crippen molar-refractivity contribution in [2.24, 2.45) is 5.10 Å². The van der Waals surface area contributed by atoms with Crippen molar-refractivity contribution < 1.29 is 4.79 Å². The molecule has 0 unspecified atom stereocenters. The van der Waals surface area contributed by atoms with Gasteiger partial charge in [0.15, 0.2) is 0 Å². The summed E-state index contributed by atoms with van der Waals surface area (Å²) in [7, 11) is 0. The van der Waals surface area contributed by atoms with Crippen molar-refractivity contribution in [3.05, 3.63) is 47.5 Å². The largest absolute Gasteiger partial charge is 0.336 e. The number of allylic oxidation sites excluding steroid dienone is 1. The molecule has 0 radical (unpaired) electrons. The Kier molecular flexibility index (Phi) is 5.83. The van der Waals surface area contributed by atoms with Crippen LogP contribution in [0.3, 0.4) is 0 Å². The van der Waals surface area contributed by atoms with E-state index in [9.17, 15) is 4.79 Å². The summed E-state index contributed by atoms with van der Waals surface area (Å²) < 4.78 is 0. The van der Waals surface area contributed by atoms with E-state index < -0.39 is 0 Å². The number of carbonyl (C=O) groups is 1. The third-order valence-corrected chi connectivity index (χ3v) is 3.30. The van der Waals surface area contributed by atoms with Gasteiger partial charge < -0.3 is 5.32 Å². The van der Waals surface area contributed by atoms with Gasteiger partial charge in [0.1, 0.15) is 0 Å². The molecule has 0 fully saturated rings. The van der Waals surface area contributed by atoms with Gasteiger partial charge in [0.25, 0.3) is 0 Å². The van der Waals surface area contributed by atoms with Crippen LogP contribution in [-0.4, -0.2) is 18.8 Å². The van der Waals surface area contributed by atoms with Crippen LogP contribution < -0.4 is 10.7 Å². The Morgan fingerprint density at radius 1 is 1.25 bits per heavy atom. The van der Waals surface area contributed by atoms with Crippen LogP contribution in [0.1, 0.15) is 37.7 Å². The summed E-state index contributed by atoms with van der Waals surface area (Å²) in [4.78, 5) is 11.5. The highest BCUT2D eigenvalue weighted by atomic mass is 16.2. The van der Waals surface area contributed by atoms with Crippen molar-refractivity contribution in [1.29, 1.82) is 0 Å². The van der Waals surface area contributed by atoms with Crippen molar-refractivity contribution in [2.75, 3.05) is 6.54 Å². The fraction of sp³-hybridized carbons (Fsp3) is 0.375. The van der Waals surface area contributed by atoms with Gasteiger partial charge in [-0.1, -0.05) is 42.0 Å². The third-order valence-electron chi connectivity index (χ3n) is 3.30. The topological polar surface area (TPSA) is 53.5 Å². The van der Waals surface area contributed by atoms with Gasteiger partial charge in [0.05, 0.1) is 6.21 Å². The van der Waals surface area contributed by atoms with E-state index >= 15 is 0 Å². The highest BCUT2D eigenvalue weighted by Crippen LogP contribution is 2.19. The molecule has 1 aromatic carbocycles. The molecule has 0 saturated carbocycles. The molecule has 106 valence electrons. The summed E-state index contributed by atoms with van der Waals surface area (Å²) in [6, 6.07) is 9.40. The Morgan fingerprint density at radius 2 is 2.10 bits per heavy atom. The normalized spacial score (nSPS) is 14.9. The summed E-state index contributed by atoms with van der Waals surface area (Å²) in [5, 5.41) is 6.72. The number of urea groups is 1. The standard InChI is InChI=1S/C16H21N3O/c20-16(17-12-11-14-7-3-1-4-8-14)19-18-13-15-9-5-2-6-10-15/h2,5-7,9-10,13H,1,3-4,8,11-12H2,(H2,17,19,20)/b18-13+. The summed E-state index contributed by atoms with van der Waals surface area (Å²) in [6.07, 6.45) is 9.80. The van der Waals surface area contributed by atoms with Crippen molar-refractivity contribution in [3.8, 4) is 0 Å². The minimum absolute atomic E-state index is 0.256. The zero-order valence-electron chi connectivity index (χ0n) is 11.6. The van der Waals surface area contributed by atoms with Crippen LogP contribution in [0.2, 0.25) is 0 Å². The second kappa shape index (κ2) is 8.15. The molecule has 0 spiro atoms. The lowest BCUT2D eigenvalue weighted by Gasteiger charge is -2.12. The molecule has 1 aromatic rings. The first-order valence-electron chi connectivity index (χ1n) is 7.14. The number of hydrazone groups is 1. The highest BCUT2D eigenvalue weighted by Gasteiger charge is 2.04. The Balaban J connectivity index is 1.63. The van der Waals surface area contributed by atoms with Gasteiger partial charge in [-0.2, -0.15) is 5.10 Å². The van der Waals surface area contributed by atoms with Crippen LogP contribution in [-0.2, 0) is 0 Å². The van der Waals surface area contributed by atoms with Crippen LogP contribution in [0.5, 0.6) is 0 Å². The van der Waals surface area contributed by atoms with Gasteiger partial charge in [-0.25, -0.2) is 10.2 Å². The SMILES string of the molecule is O=C(NCCC1=CCCCC1)N/N=C/c1ccccc1. The Bertz CT molecular complexity index is 480. The lowest BCUT2D eigenvalue weighted by molar-refractivity contribution is 0.241. The van der Waals surface area contributed by atoms with E-state index in [-0.39, 0.29) is 6.03 Å². The molecule has 0 saturated heterocycles. The Morgan fingerprint density at radius 3 is 2.85 bits per heavy atom. The summed E-state index contributed by atoms with van der Waals surface area (Å²) in [5.74, 6) is 0. The average Bonchev–Trinajstić information content (AvgIpc) is 2.49. The molecular formula is C16H21N3O. The van der Waals surface area contributed by atoms with Crippen molar-refractivity contribution in [2.45, 2.75) is 32.1 Å². The molecule has 0 aliphatic heterocycles. The lowest BCUT2D eigenvalue weighted by atomic mass is 9.97. The monoisotopic (exact) mass is 271 g/mol. The van der Waals surface area contributed by atoms with Gasteiger partial charge in [-0.15, -0.1) is 0 Å². The molecule has 1 aliphatic carbocycles. The van der Waals surface area contributed by atoms with Gasteiger partial charge in [-0.05, 0) is 37.7 Å². The van der Waals surface area contributed by atoms with E-state index in [2.05, 4.69) is 21.9 Å². The predicted octanol–water partition coefficient (Wildman–Crippen LogP) is 3.21. The zero-order valence-corrected chi connectivity index (χ0v) is 11.6. The maximum absolute atomic E-state index is 11.5. The number of nitrogens with zero attached hydrogens (tertiary/aromatic N) is 1. The minimum Gasteiger partial charge on any atom is -0.336 e. The maximum atomic E-state index is 11.5. The fourth-order valence-corrected chi connectivity index (χ4v) is 2.21. The number of rotatable bonds is 5. The Hall–Kier alpha value is -2.10. The molecule has 2 N–H and O–H groups in total. The van der Waals surface area contributed by atoms with E-state index in [1.807, 2.05) is 30.3 Å².